The fourth-order valence-corrected chi connectivity index (χ4v) is 0.542. The van der Waals surface area contributed by atoms with E-state index in [2.05, 4.69) is 6.58 Å². The molecule has 0 aromatic rings. The molecule has 0 radical (unpaired) electrons. The molecule has 0 bridgehead atoms. The number of aliphatic hydroxyl groups excluding tert-OH is 1. The van der Waals surface area contributed by atoms with Gasteiger partial charge in [-0.3, -0.25) is 0 Å². The zero-order chi connectivity index (χ0) is 7.11. The molecule has 0 fully saturated rings. The van der Waals surface area contributed by atoms with Crippen molar-refractivity contribution in [2.45, 2.75) is 25.9 Å². The molecule has 0 amide bonds. The molecule has 1 heteroatoms. The van der Waals surface area contributed by atoms with Crippen molar-refractivity contribution in [3.05, 3.63) is 24.8 Å². The molecule has 0 aliphatic heterocycles. The molecule has 1 N–H and O–H groups in total. The Morgan fingerprint density at radius 1 is 1.67 bits per heavy atom. The minimum Gasteiger partial charge on any atom is -0.389 e. The quantitative estimate of drug-likeness (QED) is 0.570. The van der Waals surface area contributed by atoms with Gasteiger partial charge < -0.3 is 5.11 Å². The van der Waals surface area contributed by atoms with Crippen molar-refractivity contribution in [2.24, 2.45) is 0 Å². The third kappa shape index (κ3) is 5.31. The average molecular weight is 126 g/mol. The van der Waals surface area contributed by atoms with E-state index in [0.29, 0.717) is 6.42 Å². The first-order valence-corrected chi connectivity index (χ1v) is 3.26. The molecule has 0 rings (SSSR count). The van der Waals surface area contributed by atoms with E-state index in [4.69, 9.17) is 5.11 Å². The van der Waals surface area contributed by atoms with Crippen molar-refractivity contribution >= 4 is 0 Å². The van der Waals surface area contributed by atoms with Crippen LogP contribution in [0.15, 0.2) is 24.8 Å². The highest BCUT2D eigenvalue weighted by molar-refractivity contribution is 4.90. The summed E-state index contributed by atoms with van der Waals surface area (Å²) in [5, 5.41) is 9.02. The molecule has 1 nitrogen and oxygen atoms in total. The third-order valence-corrected chi connectivity index (χ3v) is 1.00. The second-order valence-electron chi connectivity index (χ2n) is 1.93. The van der Waals surface area contributed by atoms with E-state index in [0.717, 1.165) is 6.42 Å². The van der Waals surface area contributed by atoms with Crippen LogP contribution in [-0.2, 0) is 0 Å². The SMILES string of the molecule is C=CC[C@@H](O)/C=C/CC. The molecule has 0 aliphatic carbocycles. The lowest BCUT2D eigenvalue weighted by molar-refractivity contribution is 0.227. The number of hydrogen-bond acceptors (Lipinski definition) is 1. The monoisotopic (exact) mass is 126 g/mol. The van der Waals surface area contributed by atoms with E-state index in [1.807, 2.05) is 13.0 Å². The van der Waals surface area contributed by atoms with Crippen LogP contribution in [0.5, 0.6) is 0 Å². The van der Waals surface area contributed by atoms with Gasteiger partial charge >= 0.3 is 0 Å². The van der Waals surface area contributed by atoms with E-state index < -0.39 is 0 Å². The lowest BCUT2D eigenvalue weighted by Gasteiger charge is -1.97. The van der Waals surface area contributed by atoms with Crippen LogP contribution in [0.1, 0.15) is 19.8 Å². The van der Waals surface area contributed by atoms with Crippen LogP contribution in [0.25, 0.3) is 0 Å². The number of aliphatic hydroxyl groups is 1. The Hall–Kier alpha value is -0.560. The highest BCUT2D eigenvalue weighted by Crippen LogP contribution is 1.94. The first-order chi connectivity index (χ1) is 4.31. The van der Waals surface area contributed by atoms with Crippen LogP contribution < -0.4 is 0 Å². The Morgan fingerprint density at radius 2 is 2.33 bits per heavy atom. The maximum atomic E-state index is 9.02. The fourth-order valence-electron chi connectivity index (χ4n) is 0.542. The first kappa shape index (κ1) is 8.44. The topological polar surface area (TPSA) is 20.2 Å². The Balaban J connectivity index is 3.35. The molecule has 9 heavy (non-hydrogen) atoms. The second-order valence-corrected chi connectivity index (χ2v) is 1.93. The van der Waals surface area contributed by atoms with Crippen LogP contribution in [0.4, 0.5) is 0 Å². The van der Waals surface area contributed by atoms with Gasteiger partial charge in [-0.05, 0) is 12.8 Å². The van der Waals surface area contributed by atoms with E-state index in [9.17, 15) is 0 Å². The van der Waals surface area contributed by atoms with Crippen LogP contribution >= 0.6 is 0 Å². The van der Waals surface area contributed by atoms with Gasteiger partial charge in [-0.1, -0.05) is 25.2 Å². The molecule has 52 valence electrons. The second kappa shape index (κ2) is 5.57. The minimum atomic E-state index is -0.331. The van der Waals surface area contributed by atoms with Crippen molar-refractivity contribution in [3.8, 4) is 0 Å². The molecule has 0 unspecified atom stereocenters. The summed E-state index contributed by atoms with van der Waals surface area (Å²) in [6.45, 7) is 5.55. The van der Waals surface area contributed by atoms with Crippen molar-refractivity contribution < 1.29 is 5.11 Å². The van der Waals surface area contributed by atoms with Gasteiger partial charge in [0.15, 0.2) is 0 Å². The average Bonchev–Trinajstić information content (AvgIpc) is 1.85. The van der Waals surface area contributed by atoms with E-state index >= 15 is 0 Å². The van der Waals surface area contributed by atoms with Crippen molar-refractivity contribution in [2.75, 3.05) is 0 Å². The normalized spacial score (nSPS) is 14.0. The third-order valence-electron chi connectivity index (χ3n) is 1.00. The maximum Gasteiger partial charge on any atom is 0.0755 e. The summed E-state index contributed by atoms with van der Waals surface area (Å²) in [4.78, 5) is 0. The zero-order valence-corrected chi connectivity index (χ0v) is 5.88. The highest BCUT2D eigenvalue weighted by Gasteiger charge is 1.90. The van der Waals surface area contributed by atoms with E-state index in [-0.39, 0.29) is 6.10 Å². The van der Waals surface area contributed by atoms with Gasteiger partial charge in [0.05, 0.1) is 6.10 Å². The maximum absolute atomic E-state index is 9.02. The minimum absolute atomic E-state index is 0.331. The zero-order valence-electron chi connectivity index (χ0n) is 5.88. The lowest BCUT2D eigenvalue weighted by Crippen LogP contribution is -1.98. The fraction of sp³-hybridized carbons (Fsp3) is 0.500. The summed E-state index contributed by atoms with van der Waals surface area (Å²) < 4.78 is 0. The number of rotatable bonds is 4. The molecule has 0 aliphatic rings. The van der Waals surface area contributed by atoms with Crippen LogP contribution in [0.2, 0.25) is 0 Å². The lowest BCUT2D eigenvalue weighted by atomic mass is 10.2. The molecule has 0 spiro atoms. The Labute approximate surface area is 56.7 Å². The van der Waals surface area contributed by atoms with E-state index in [1.54, 1.807) is 12.2 Å². The summed E-state index contributed by atoms with van der Waals surface area (Å²) in [5.41, 5.74) is 0. The van der Waals surface area contributed by atoms with Crippen LogP contribution in [0, 0.1) is 0 Å². The standard InChI is InChI=1S/C8H14O/c1-3-5-7-8(9)6-4-2/h4-5,7-9H,2-3,6H2,1H3/b7-5+/t8-/m1/s1. The van der Waals surface area contributed by atoms with Crippen molar-refractivity contribution in [3.63, 3.8) is 0 Å². The van der Waals surface area contributed by atoms with Gasteiger partial charge in [0.2, 0.25) is 0 Å². The number of hydrogen-bond donors (Lipinski definition) is 1. The van der Waals surface area contributed by atoms with Gasteiger partial charge in [0, 0.05) is 0 Å². The Morgan fingerprint density at radius 3 is 2.78 bits per heavy atom. The van der Waals surface area contributed by atoms with Gasteiger partial charge in [0.25, 0.3) is 0 Å². The largest absolute Gasteiger partial charge is 0.389 e. The van der Waals surface area contributed by atoms with Gasteiger partial charge in [-0.2, -0.15) is 0 Å². The summed E-state index contributed by atoms with van der Waals surface area (Å²) in [7, 11) is 0. The predicted octanol–water partition coefficient (Wildman–Crippen LogP) is 1.89. The predicted molar refractivity (Wildman–Crippen MR) is 40.3 cm³/mol. The Kier molecular flexibility index (Phi) is 5.23. The molecular formula is C8H14O. The van der Waals surface area contributed by atoms with Crippen LogP contribution in [-0.4, -0.2) is 11.2 Å². The van der Waals surface area contributed by atoms with E-state index in [1.165, 1.54) is 0 Å². The van der Waals surface area contributed by atoms with Gasteiger partial charge in [0.1, 0.15) is 0 Å². The summed E-state index contributed by atoms with van der Waals surface area (Å²) in [5.74, 6) is 0. The first-order valence-electron chi connectivity index (χ1n) is 3.26. The van der Waals surface area contributed by atoms with Crippen LogP contribution in [0.3, 0.4) is 0 Å². The summed E-state index contributed by atoms with van der Waals surface area (Å²) in [6.07, 6.45) is 6.76. The molecule has 0 aromatic carbocycles. The molecule has 1 atom stereocenters. The van der Waals surface area contributed by atoms with Gasteiger partial charge in [-0.15, -0.1) is 6.58 Å². The highest BCUT2D eigenvalue weighted by atomic mass is 16.3. The molecular weight excluding hydrogens is 112 g/mol. The molecule has 0 aromatic heterocycles. The van der Waals surface area contributed by atoms with Gasteiger partial charge in [-0.25, -0.2) is 0 Å². The smallest absolute Gasteiger partial charge is 0.0755 e. The van der Waals surface area contributed by atoms with Crippen molar-refractivity contribution in [1.82, 2.24) is 0 Å². The molecule has 0 saturated heterocycles. The molecule has 0 saturated carbocycles. The Bertz CT molecular complexity index is 94.7. The van der Waals surface area contributed by atoms with Crippen molar-refractivity contribution in [1.29, 1.82) is 0 Å². The summed E-state index contributed by atoms with van der Waals surface area (Å²) >= 11 is 0. The number of allylic oxidation sites excluding steroid dienone is 1. The molecule has 0 heterocycles. The summed E-state index contributed by atoms with van der Waals surface area (Å²) in [6, 6.07) is 0.